The Bertz CT molecular complexity index is 926. The molecular weight excluding hydrogens is 353 g/mol. The summed E-state index contributed by atoms with van der Waals surface area (Å²) in [6, 6.07) is 15.9. The van der Waals surface area contributed by atoms with Crippen LogP contribution in [0.15, 0.2) is 64.9 Å². The van der Waals surface area contributed by atoms with Crippen molar-refractivity contribution < 1.29 is 9.18 Å². The predicted molar refractivity (Wildman–Crippen MR) is 99.3 cm³/mol. The van der Waals surface area contributed by atoms with Crippen molar-refractivity contribution in [3.05, 3.63) is 66.0 Å². The maximum absolute atomic E-state index is 13.4. The zero-order valence-corrected chi connectivity index (χ0v) is 14.8. The van der Waals surface area contributed by atoms with E-state index in [0.29, 0.717) is 10.7 Å². The number of halogens is 1. The number of hydrogen-bond acceptors (Lipinski definition) is 5. The van der Waals surface area contributed by atoms with E-state index in [9.17, 15) is 9.18 Å². The second kappa shape index (κ2) is 8.39. The van der Waals surface area contributed by atoms with Crippen LogP contribution < -0.4 is 5.43 Å². The second-order valence-electron chi connectivity index (χ2n) is 5.33. The SMILES string of the molecule is Cn1c(SCC(=O)N/N=C/c2ccccc2F)nnc1-c1ccccc1. The first-order valence-electron chi connectivity index (χ1n) is 7.79. The minimum absolute atomic E-state index is 0.120. The molecule has 3 rings (SSSR count). The summed E-state index contributed by atoms with van der Waals surface area (Å²) in [5, 5.41) is 12.7. The van der Waals surface area contributed by atoms with Gasteiger partial charge in [-0.25, -0.2) is 9.82 Å². The molecule has 0 bridgehead atoms. The van der Waals surface area contributed by atoms with Crippen LogP contribution in [0.5, 0.6) is 0 Å². The summed E-state index contributed by atoms with van der Waals surface area (Å²) >= 11 is 1.25. The van der Waals surface area contributed by atoms with Gasteiger partial charge in [-0.15, -0.1) is 10.2 Å². The molecule has 0 aliphatic carbocycles. The molecule has 0 spiro atoms. The third-order valence-corrected chi connectivity index (χ3v) is 4.52. The molecule has 1 N–H and O–H groups in total. The molecule has 1 amide bonds. The van der Waals surface area contributed by atoms with Crippen molar-refractivity contribution in [2.24, 2.45) is 12.1 Å². The highest BCUT2D eigenvalue weighted by Crippen LogP contribution is 2.22. The average Bonchev–Trinajstić information content (AvgIpc) is 3.03. The number of nitrogens with zero attached hydrogens (tertiary/aromatic N) is 4. The minimum Gasteiger partial charge on any atom is -0.305 e. The number of hydrazone groups is 1. The molecule has 0 radical (unpaired) electrons. The lowest BCUT2D eigenvalue weighted by atomic mass is 10.2. The van der Waals surface area contributed by atoms with Gasteiger partial charge in [0.15, 0.2) is 11.0 Å². The largest absolute Gasteiger partial charge is 0.305 e. The van der Waals surface area contributed by atoms with Gasteiger partial charge < -0.3 is 4.57 Å². The van der Waals surface area contributed by atoms with Gasteiger partial charge in [-0.05, 0) is 6.07 Å². The zero-order chi connectivity index (χ0) is 18.4. The van der Waals surface area contributed by atoms with Crippen molar-refractivity contribution in [1.29, 1.82) is 0 Å². The molecule has 8 heteroatoms. The van der Waals surface area contributed by atoms with Gasteiger partial charge in [0.05, 0.1) is 12.0 Å². The summed E-state index contributed by atoms with van der Waals surface area (Å²) in [5.41, 5.74) is 3.63. The fourth-order valence-corrected chi connectivity index (χ4v) is 2.90. The first-order valence-corrected chi connectivity index (χ1v) is 8.78. The van der Waals surface area contributed by atoms with Gasteiger partial charge in [0.25, 0.3) is 5.91 Å². The Labute approximate surface area is 154 Å². The normalized spacial score (nSPS) is 11.0. The number of carbonyl (C=O) groups is 1. The van der Waals surface area contributed by atoms with Gasteiger partial charge in [-0.1, -0.05) is 60.3 Å². The molecule has 132 valence electrons. The van der Waals surface area contributed by atoms with Gasteiger partial charge in [0.1, 0.15) is 5.82 Å². The number of thioether (sulfide) groups is 1. The third kappa shape index (κ3) is 4.34. The molecule has 2 aromatic carbocycles. The average molecular weight is 369 g/mol. The van der Waals surface area contributed by atoms with Crippen LogP contribution in [-0.2, 0) is 11.8 Å². The van der Waals surface area contributed by atoms with E-state index in [2.05, 4.69) is 20.7 Å². The Morgan fingerprint density at radius 1 is 1.19 bits per heavy atom. The molecule has 1 heterocycles. The van der Waals surface area contributed by atoms with Crippen molar-refractivity contribution in [1.82, 2.24) is 20.2 Å². The van der Waals surface area contributed by atoms with Crippen LogP contribution in [-0.4, -0.2) is 32.6 Å². The van der Waals surface area contributed by atoms with Gasteiger partial charge in [-0.2, -0.15) is 5.10 Å². The van der Waals surface area contributed by atoms with Crippen molar-refractivity contribution in [3.8, 4) is 11.4 Å². The Morgan fingerprint density at radius 2 is 1.92 bits per heavy atom. The number of nitrogens with one attached hydrogen (secondary N) is 1. The Morgan fingerprint density at radius 3 is 2.69 bits per heavy atom. The zero-order valence-electron chi connectivity index (χ0n) is 14.0. The minimum atomic E-state index is -0.396. The summed E-state index contributed by atoms with van der Waals surface area (Å²) in [6.45, 7) is 0. The maximum Gasteiger partial charge on any atom is 0.250 e. The van der Waals surface area contributed by atoms with Crippen molar-refractivity contribution in [2.45, 2.75) is 5.16 Å². The molecule has 0 atom stereocenters. The summed E-state index contributed by atoms with van der Waals surface area (Å²) in [7, 11) is 1.85. The lowest BCUT2D eigenvalue weighted by Gasteiger charge is -2.03. The van der Waals surface area contributed by atoms with E-state index < -0.39 is 5.82 Å². The number of benzene rings is 2. The maximum atomic E-state index is 13.4. The van der Waals surface area contributed by atoms with Crippen LogP contribution in [0.4, 0.5) is 4.39 Å². The van der Waals surface area contributed by atoms with Crippen molar-refractivity contribution >= 4 is 23.9 Å². The Hall–Kier alpha value is -3.00. The summed E-state index contributed by atoms with van der Waals surface area (Å²) in [4.78, 5) is 11.9. The van der Waals surface area contributed by atoms with Gasteiger partial charge in [0, 0.05) is 18.2 Å². The molecule has 3 aromatic rings. The molecule has 0 aliphatic rings. The molecule has 0 saturated carbocycles. The Balaban J connectivity index is 1.55. The smallest absolute Gasteiger partial charge is 0.250 e. The van der Waals surface area contributed by atoms with Crippen LogP contribution in [0.2, 0.25) is 0 Å². The first-order chi connectivity index (χ1) is 12.6. The fourth-order valence-electron chi connectivity index (χ4n) is 2.20. The van der Waals surface area contributed by atoms with Crippen LogP contribution >= 0.6 is 11.8 Å². The standard InChI is InChI=1S/C18H16FN5OS/c1-24-17(13-7-3-2-4-8-13)22-23-18(24)26-12-16(25)21-20-11-14-9-5-6-10-15(14)19/h2-11H,12H2,1H3,(H,21,25)/b20-11+. The highest BCUT2D eigenvalue weighted by molar-refractivity contribution is 7.99. The van der Waals surface area contributed by atoms with Crippen molar-refractivity contribution in [3.63, 3.8) is 0 Å². The van der Waals surface area contributed by atoms with E-state index in [4.69, 9.17) is 0 Å². The van der Waals surface area contributed by atoms with Gasteiger partial charge in [0.2, 0.25) is 0 Å². The summed E-state index contributed by atoms with van der Waals surface area (Å²) in [6.07, 6.45) is 1.27. The van der Waals surface area contributed by atoms with E-state index >= 15 is 0 Å². The topological polar surface area (TPSA) is 72.2 Å². The van der Waals surface area contributed by atoms with Crippen molar-refractivity contribution in [2.75, 3.05) is 5.75 Å². The number of hydrogen-bond donors (Lipinski definition) is 1. The molecule has 0 fully saturated rings. The van der Waals surface area contributed by atoms with E-state index in [1.807, 2.05) is 41.9 Å². The van der Waals surface area contributed by atoms with E-state index in [0.717, 1.165) is 11.4 Å². The van der Waals surface area contributed by atoms with Gasteiger partial charge >= 0.3 is 0 Å². The molecule has 6 nitrogen and oxygen atoms in total. The molecule has 1 aromatic heterocycles. The lowest BCUT2D eigenvalue weighted by molar-refractivity contribution is -0.118. The van der Waals surface area contributed by atoms with Crippen LogP contribution in [0, 0.1) is 5.82 Å². The molecule has 0 unspecified atom stereocenters. The quantitative estimate of drug-likeness (QED) is 0.412. The molecule has 26 heavy (non-hydrogen) atoms. The highest BCUT2D eigenvalue weighted by Gasteiger charge is 2.12. The van der Waals surface area contributed by atoms with Crippen LogP contribution in [0.25, 0.3) is 11.4 Å². The number of aromatic nitrogens is 3. The second-order valence-corrected chi connectivity index (χ2v) is 6.28. The molecule has 0 saturated heterocycles. The highest BCUT2D eigenvalue weighted by atomic mass is 32.2. The number of amides is 1. The van der Waals surface area contributed by atoms with E-state index in [1.165, 1.54) is 24.0 Å². The number of rotatable bonds is 6. The van der Waals surface area contributed by atoms with E-state index in [1.54, 1.807) is 18.2 Å². The monoisotopic (exact) mass is 369 g/mol. The molecule has 0 aliphatic heterocycles. The lowest BCUT2D eigenvalue weighted by Crippen LogP contribution is -2.20. The Kier molecular flexibility index (Phi) is 5.75. The van der Waals surface area contributed by atoms with E-state index in [-0.39, 0.29) is 11.7 Å². The van der Waals surface area contributed by atoms with Gasteiger partial charge in [-0.3, -0.25) is 4.79 Å². The molecular formula is C18H16FN5OS. The summed E-state index contributed by atoms with van der Waals surface area (Å²) < 4.78 is 15.3. The van der Waals surface area contributed by atoms with Crippen LogP contribution in [0.1, 0.15) is 5.56 Å². The predicted octanol–water partition coefficient (Wildman–Crippen LogP) is 2.86. The first kappa shape index (κ1) is 17.8. The fraction of sp³-hybridized carbons (Fsp3) is 0.111. The van der Waals surface area contributed by atoms with Crippen LogP contribution in [0.3, 0.4) is 0 Å². The summed E-state index contributed by atoms with van der Waals surface area (Å²) in [5.74, 6) is 0.139. The number of carbonyl (C=O) groups excluding carboxylic acids is 1. The third-order valence-electron chi connectivity index (χ3n) is 3.50.